The van der Waals surface area contributed by atoms with Gasteiger partial charge in [0, 0.05) is 18.1 Å². The molecule has 6 nitrogen and oxygen atoms in total. The van der Waals surface area contributed by atoms with Crippen molar-refractivity contribution in [1.29, 1.82) is 0 Å². The Morgan fingerprint density at radius 2 is 1.86 bits per heavy atom. The summed E-state index contributed by atoms with van der Waals surface area (Å²) in [5, 5.41) is 2.84. The maximum atomic E-state index is 12.9. The number of hydrogen-bond donors (Lipinski definition) is 2. The highest BCUT2D eigenvalue weighted by Crippen LogP contribution is 2.31. The van der Waals surface area contributed by atoms with Crippen molar-refractivity contribution >= 4 is 11.8 Å². The molecule has 1 heterocycles. The van der Waals surface area contributed by atoms with Crippen molar-refractivity contribution in [3.05, 3.63) is 0 Å². The van der Waals surface area contributed by atoms with E-state index in [4.69, 9.17) is 10.5 Å². The van der Waals surface area contributed by atoms with E-state index in [2.05, 4.69) is 5.32 Å². The maximum absolute atomic E-state index is 12.9. The number of carbonyl (C=O) groups is 2. The summed E-state index contributed by atoms with van der Waals surface area (Å²) in [7, 11) is 0. The van der Waals surface area contributed by atoms with Gasteiger partial charge in [0.2, 0.25) is 11.8 Å². The minimum absolute atomic E-state index is 0.0235. The molecule has 6 heteroatoms. The number of nitrogens with two attached hydrogens (primary N) is 1. The number of nitrogens with zero attached hydrogens (tertiary/aromatic N) is 1. The molecule has 1 saturated heterocycles. The quantitative estimate of drug-likeness (QED) is 0.792. The number of hydrogen-bond acceptors (Lipinski definition) is 4. The Labute approximate surface area is 127 Å². The standard InChI is InChI=1S/C15H29N3O3/c1-10(2)17-12(19)11-9-21-8-7-18(11)13(20)14(3,4)15(5,6)16/h10-11H,7-9,16H2,1-6H3,(H,17,19). The van der Waals surface area contributed by atoms with Crippen LogP contribution in [0.3, 0.4) is 0 Å². The van der Waals surface area contributed by atoms with E-state index in [1.54, 1.807) is 4.90 Å². The normalized spacial score (nSPS) is 20.6. The Bertz CT molecular complexity index is 399. The van der Waals surface area contributed by atoms with Gasteiger partial charge < -0.3 is 20.7 Å². The molecule has 1 atom stereocenters. The predicted molar refractivity (Wildman–Crippen MR) is 81.6 cm³/mol. The van der Waals surface area contributed by atoms with Crippen molar-refractivity contribution in [1.82, 2.24) is 10.2 Å². The van der Waals surface area contributed by atoms with Crippen LogP contribution in [0, 0.1) is 5.41 Å². The molecule has 0 aliphatic carbocycles. The van der Waals surface area contributed by atoms with Gasteiger partial charge in [-0.3, -0.25) is 9.59 Å². The minimum Gasteiger partial charge on any atom is -0.377 e. The molecule has 0 bridgehead atoms. The second-order valence-corrected chi connectivity index (χ2v) is 7.10. The lowest BCUT2D eigenvalue weighted by Gasteiger charge is -2.44. The van der Waals surface area contributed by atoms with Crippen LogP contribution in [0.2, 0.25) is 0 Å². The number of amides is 2. The fourth-order valence-electron chi connectivity index (χ4n) is 2.08. The van der Waals surface area contributed by atoms with Crippen LogP contribution in [0.4, 0.5) is 0 Å². The molecule has 0 spiro atoms. The minimum atomic E-state index is -0.763. The third kappa shape index (κ3) is 3.95. The molecular weight excluding hydrogens is 270 g/mol. The first-order valence-electron chi connectivity index (χ1n) is 7.46. The van der Waals surface area contributed by atoms with Gasteiger partial charge in [-0.05, 0) is 41.5 Å². The van der Waals surface area contributed by atoms with E-state index in [1.807, 2.05) is 41.5 Å². The van der Waals surface area contributed by atoms with Gasteiger partial charge >= 0.3 is 0 Å². The highest BCUT2D eigenvalue weighted by molar-refractivity contribution is 5.91. The third-order valence-electron chi connectivity index (χ3n) is 4.27. The van der Waals surface area contributed by atoms with Crippen LogP contribution >= 0.6 is 0 Å². The van der Waals surface area contributed by atoms with Gasteiger partial charge in [-0.2, -0.15) is 0 Å². The SMILES string of the molecule is CC(C)NC(=O)C1COCCN1C(=O)C(C)(C)C(C)(C)N. The number of morpholine rings is 1. The molecule has 0 aromatic heterocycles. The fraction of sp³-hybridized carbons (Fsp3) is 0.867. The van der Waals surface area contributed by atoms with Gasteiger partial charge in [0.05, 0.1) is 18.6 Å². The summed E-state index contributed by atoms with van der Waals surface area (Å²) < 4.78 is 5.38. The van der Waals surface area contributed by atoms with Gasteiger partial charge in [-0.1, -0.05) is 0 Å². The summed E-state index contributed by atoms with van der Waals surface area (Å²) in [6.45, 7) is 12.2. The van der Waals surface area contributed by atoms with E-state index in [9.17, 15) is 9.59 Å². The number of ether oxygens (including phenoxy) is 1. The van der Waals surface area contributed by atoms with Crippen LogP contribution in [0.1, 0.15) is 41.5 Å². The van der Waals surface area contributed by atoms with Crippen LogP contribution < -0.4 is 11.1 Å². The number of nitrogens with one attached hydrogen (secondary N) is 1. The Morgan fingerprint density at radius 1 is 1.29 bits per heavy atom. The molecule has 1 rings (SSSR count). The van der Waals surface area contributed by atoms with E-state index in [-0.39, 0.29) is 24.5 Å². The first-order valence-corrected chi connectivity index (χ1v) is 7.46. The van der Waals surface area contributed by atoms with Crippen LogP contribution in [-0.4, -0.2) is 54.1 Å². The smallest absolute Gasteiger partial charge is 0.245 e. The molecule has 122 valence electrons. The first kappa shape index (κ1) is 17.9. The highest BCUT2D eigenvalue weighted by atomic mass is 16.5. The first-order chi connectivity index (χ1) is 9.48. The summed E-state index contributed by atoms with van der Waals surface area (Å²) in [5.41, 5.74) is 4.70. The van der Waals surface area contributed by atoms with E-state index in [0.29, 0.717) is 13.2 Å². The van der Waals surface area contributed by atoms with Gasteiger partial charge in [0.15, 0.2) is 0 Å². The van der Waals surface area contributed by atoms with Gasteiger partial charge in [0.1, 0.15) is 6.04 Å². The Morgan fingerprint density at radius 3 is 2.33 bits per heavy atom. The third-order valence-corrected chi connectivity index (χ3v) is 4.27. The number of rotatable bonds is 4. The van der Waals surface area contributed by atoms with Crippen molar-refractivity contribution in [2.24, 2.45) is 11.1 Å². The number of carbonyl (C=O) groups excluding carboxylic acids is 2. The molecule has 0 radical (unpaired) electrons. The molecule has 3 N–H and O–H groups in total. The molecule has 1 fully saturated rings. The van der Waals surface area contributed by atoms with E-state index >= 15 is 0 Å². The summed E-state index contributed by atoms with van der Waals surface area (Å²) >= 11 is 0. The molecule has 0 aromatic rings. The second-order valence-electron chi connectivity index (χ2n) is 7.10. The zero-order valence-corrected chi connectivity index (χ0v) is 14.0. The molecule has 0 saturated carbocycles. The van der Waals surface area contributed by atoms with E-state index in [1.165, 1.54) is 0 Å². The van der Waals surface area contributed by atoms with Crippen molar-refractivity contribution in [2.45, 2.75) is 59.2 Å². The van der Waals surface area contributed by atoms with Gasteiger partial charge in [0.25, 0.3) is 0 Å². The lowest BCUT2D eigenvalue weighted by atomic mass is 9.74. The fourth-order valence-corrected chi connectivity index (χ4v) is 2.08. The van der Waals surface area contributed by atoms with Crippen LogP contribution in [0.25, 0.3) is 0 Å². The van der Waals surface area contributed by atoms with Crippen molar-refractivity contribution in [2.75, 3.05) is 19.8 Å². The molecule has 1 aliphatic heterocycles. The average molecular weight is 299 g/mol. The largest absolute Gasteiger partial charge is 0.377 e. The molecule has 0 aromatic carbocycles. The molecular formula is C15H29N3O3. The van der Waals surface area contributed by atoms with Gasteiger partial charge in [-0.15, -0.1) is 0 Å². The summed E-state index contributed by atoms with van der Waals surface area (Å²) in [5.74, 6) is -0.286. The van der Waals surface area contributed by atoms with Crippen LogP contribution in [-0.2, 0) is 14.3 Å². The Hall–Kier alpha value is -1.14. The monoisotopic (exact) mass is 299 g/mol. The topological polar surface area (TPSA) is 84.7 Å². The second kappa shape index (κ2) is 6.32. The molecule has 1 aliphatic rings. The van der Waals surface area contributed by atoms with Crippen molar-refractivity contribution < 1.29 is 14.3 Å². The molecule has 1 unspecified atom stereocenters. The molecule has 21 heavy (non-hydrogen) atoms. The Balaban J connectivity index is 2.96. The van der Waals surface area contributed by atoms with E-state index < -0.39 is 17.0 Å². The highest BCUT2D eigenvalue weighted by Gasteiger charge is 2.46. The van der Waals surface area contributed by atoms with Gasteiger partial charge in [-0.25, -0.2) is 0 Å². The zero-order valence-electron chi connectivity index (χ0n) is 14.0. The van der Waals surface area contributed by atoms with Crippen molar-refractivity contribution in [3.8, 4) is 0 Å². The predicted octanol–water partition coefficient (Wildman–Crippen LogP) is 0.502. The summed E-state index contributed by atoms with van der Waals surface area (Å²) in [4.78, 5) is 26.8. The lowest BCUT2D eigenvalue weighted by molar-refractivity contribution is -0.157. The average Bonchev–Trinajstić information content (AvgIpc) is 2.35. The van der Waals surface area contributed by atoms with E-state index in [0.717, 1.165) is 0 Å². The molecule has 2 amide bonds. The Kier molecular flexibility index (Phi) is 5.39. The lowest BCUT2D eigenvalue weighted by Crippen LogP contribution is -2.63. The van der Waals surface area contributed by atoms with Crippen LogP contribution in [0.5, 0.6) is 0 Å². The summed E-state index contributed by atoms with van der Waals surface area (Å²) in [6.07, 6.45) is 0. The summed E-state index contributed by atoms with van der Waals surface area (Å²) in [6, 6.07) is -0.564. The van der Waals surface area contributed by atoms with Crippen LogP contribution in [0.15, 0.2) is 0 Å². The zero-order chi connectivity index (χ0) is 16.4. The van der Waals surface area contributed by atoms with Crippen molar-refractivity contribution in [3.63, 3.8) is 0 Å². The maximum Gasteiger partial charge on any atom is 0.245 e.